The van der Waals surface area contributed by atoms with Crippen LogP contribution in [0.25, 0.3) is 0 Å². The van der Waals surface area contributed by atoms with Crippen LogP contribution in [0.15, 0.2) is 0 Å². The Bertz CT molecular complexity index is 382. The topological polar surface area (TPSA) is 44.1 Å². The number of rotatable bonds is 5. The number of amides is 1. The van der Waals surface area contributed by atoms with E-state index in [0.29, 0.717) is 0 Å². The van der Waals surface area contributed by atoms with Crippen LogP contribution in [0.3, 0.4) is 0 Å². The molecule has 0 heterocycles. The van der Waals surface area contributed by atoms with Crippen molar-refractivity contribution >= 4 is 5.91 Å². The van der Waals surface area contributed by atoms with Gasteiger partial charge in [-0.15, -0.1) is 0 Å². The molecule has 0 atom stereocenters. The van der Waals surface area contributed by atoms with E-state index < -0.39 is 5.41 Å². The summed E-state index contributed by atoms with van der Waals surface area (Å²) in [5.74, 6) is 1.61. The summed E-state index contributed by atoms with van der Waals surface area (Å²) >= 11 is 0. The molecular weight excluding hydrogens is 248 g/mol. The minimum atomic E-state index is -0.694. The van der Waals surface area contributed by atoms with Crippen molar-refractivity contribution < 1.29 is 4.79 Å². The third kappa shape index (κ3) is 3.16. The molecule has 0 aromatic heterocycles. The number of hydrogen-bond acceptors (Lipinski definition) is 2. The highest BCUT2D eigenvalue weighted by atomic mass is 16.2. The second-order valence-corrected chi connectivity index (χ2v) is 7.21. The van der Waals surface area contributed by atoms with Gasteiger partial charge in [0.15, 0.2) is 0 Å². The van der Waals surface area contributed by atoms with Crippen LogP contribution in [-0.4, -0.2) is 23.9 Å². The first-order valence-electron chi connectivity index (χ1n) is 8.44. The molecule has 0 spiro atoms. The van der Waals surface area contributed by atoms with Gasteiger partial charge >= 0.3 is 0 Å². The van der Waals surface area contributed by atoms with Crippen molar-refractivity contribution in [2.24, 2.45) is 17.3 Å². The summed E-state index contributed by atoms with van der Waals surface area (Å²) in [7, 11) is 0. The Morgan fingerprint density at radius 3 is 1.90 bits per heavy atom. The Balaban J connectivity index is 1.72. The predicted octanol–water partition coefficient (Wildman–Crippen LogP) is 3.50. The largest absolute Gasteiger partial charge is 0.341 e. The molecule has 0 saturated heterocycles. The van der Waals surface area contributed by atoms with E-state index in [0.717, 1.165) is 50.6 Å². The average molecular weight is 274 g/mol. The quantitative estimate of drug-likeness (QED) is 0.720. The van der Waals surface area contributed by atoms with E-state index in [1.807, 2.05) is 0 Å². The van der Waals surface area contributed by atoms with Crippen LogP contribution in [-0.2, 0) is 4.79 Å². The molecule has 3 nitrogen and oxygen atoms in total. The second-order valence-electron chi connectivity index (χ2n) is 7.21. The molecule has 0 aromatic rings. The molecule has 3 rings (SSSR count). The van der Waals surface area contributed by atoms with E-state index in [9.17, 15) is 10.1 Å². The molecule has 0 radical (unpaired) electrons. The van der Waals surface area contributed by atoms with Crippen molar-refractivity contribution in [1.29, 1.82) is 5.26 Å². The fraction of sp³-hybridized carbons (Fsp3) is 0.882. The van der Waals surface area contributed by atoms with E-state index in [1.165, 1.54) is 38.5 Å². The maximum absolute atomic E-state index is 13.0. The lowest BCUT2D eigenvalue weighted by Crippen LogP contribution is -2.45. The van der Waals surface area contributed by atoms with Gasteiger partial charge < -0.3 is 4.90 Å². The summed E-state index contributed by atoms with van der Waals surface area (Å²) in [6.45, 7) is 1.83. The lowest BCUT2D eigenvalue weighted by atomic mass is 9.80. The molecule has 110 valence electrons. The van der Waals surface area contributed by atoms with Gasteiger partial charge in [-0.25, -0.2) is 0 Å². The van der Waals surface area contributed by atoms with Crippen molar-refractivity contribution in [3.05, 3.63) is 0 Å². The molecule has 0 aliphatic heterocycles. The average Bonchev–Trinajstić information content (AvgIpc) is 3.32. The van der Waals surface area contributed by atoms with Gasteiger partial charge in [0, 0.05) is 13.1 Å². The Hall–Kier alpha value is -1.04. The third-order valence-electron chi connectivity index (χ3n) is 5.22. The van der Waals surface area contributed by atoms with Crippen molar-refractivity contribution in [2.45, 2.75) is 64.2 Å². The molecule has 3 saturated carbocycles. The molecule has 0 unspecified atom stereocenters. The van der Waals surface area contributed by atoms with E-state index in [4.69, 9.17) is 0 Å². The normalized spacial score (nSPS) is 25.6. The Morgan fingerprint density at radius 2 is 1.50 bits per heavy atom. The van der Waals surface area contributed by atoms with E-state index in [1.54, 1.807) is 0 Å². The number of hydrogen-bond donors (Lipinski definition) is 0. The predicted molar refractivity (Wildman–Crippen MR) is 77.8 cm³/mol. The highest BCUT2D eigenvalue weighted by Crippen LogP contribution is 2.40. The van der Waals surface area contributed by atoms with E-state index in [2.05, 4.69) is 11.0 Å². The molecule has 3 fully saturated rings. The minimum Gasteiger partial charge on any atom is -0.341 e. The lowest BCUT2D eigenvalue weighted by Gasteiger charge is -2.32. The molecule has 0 aromatic carbocycles. The van der Waals surface area contributed by atoms with Gasteiger partial charge in [-0.2, -0.15) is 5.26 Å². The van der Waals surface area contributed by atoms with Gasteiger partial charge in [0.2, 0.25) is 5.91 Å². The highest BCUT2D eigenvalue weighted by Gasteiger charge is 2.43. The summed E-state index contributed by atoms with van der Waals surface area (Å²) in [6, 6.07) is 2.43. The summed E-state index contributed by atoms with van der Waals surface area (Å²) < 4.78 is 0. The zero-order valence-electron chi connectivity index (χ0n) is 12.4. The zero-order chi connectivity index (χ0) is 14.0. The molecular formula is C17H26N2O. The Morgan fingerprint density at radius 1 is 1.00 bits per heavy atom. The molecule has 0 bridgehead atoms. The summed E-state index contributed by atoms with van der Waals surface area (Å²) in [5.41, 5.74) is -0.694. The van der Waals surface area contributed by atoms with Gasteiger partial charge in [-0.05, 0) is 50.4 Å². The maximum Gasteiger partial charge on any atom is 0.243 e. The van der Waals surface area contributed by atoms with Crippen LogP contribution in [0.4, 0.5) is 0 Å². The Labute approximate surface area is 122 Å². The van der Waals surface area contributed by atoms with Crippen LogP contribution in [0, 0.1) is 28.6 Å². The molecule has 0 N–H and O–H groups in total. The first kappa shape index (κ1) is 13.9. The number of carbonyl (C=O) groups is 1. The van der Waals surface area contributed by atoms with Crippen molar-refractivity contribution in [3.63, 3.8) is 0 Å². The van der Waals surface area contributed by atoms with Crippen LogP contribution < -0.4 is 0 Å². The zero-order valence-corrected chi connectivity index (χ0v) is 12.4. The maximum atomic E-state index is 13.0. The monoisotopic (exact) mass is 274 g/mol. The van der Waals surface area contributed by atoms with Crippen molar-refractivity contribution in [3.8, 4) is 6.07 Å². The SMILES string of the molecule is N#CC1(C(=O)N(CC2CC2)CC2CC2)CCCCCC1. The first-order chi connectivity index (χ1) is 9.73. The van der Waals surface area contributed by atoms with Gasteiger partial charge in [0.1, 0.15) is 5.41 Å². The standard InChI is InChI=1S/C17H26N2O/c18-13-17(9-3-1-2-4-10-17)16(20)19(11-14-5-6-14)12-15-7-8-15/h14-15H,1-12H2. The van der Waals surface area contributed by atoms with Gasteiger partial charge in [0.05, 0.1) is 6.07 Å². The molecule has 20 heavy (non-hydrogen) atoms. The van der Waals surface area contributed by atoms with Crippen LogP contribution in [0.1, 0.15) is 64.2 Å². The highest BCUT2D eigenvalue weighted by molar-refractivity contribution is 5.85. The third-order valence-corrected chi connectivity index (χ3v) is 5.22. The van der Waals surface area contributed by atoms with Crippen LogP contribution in [0.2, 0.25) is 0 Å². The first-order valence-corrected chi connectivity index (χ1v) is 8.44. The number of nitriles is 1. The van der Waals surface area contributed by atoms with Crippen LogP contribution >= 0.6 is 0 Å². The van der Waals surface area contributed by atoms with Crippen molar-refractivity contribution in [2.75, 3.05) is 13.1 Å². The van der Waals surface area contributed by atoms with Crippen molar-refractivity contribution in [1.82, 2.24) is 4.90 Å². The van der Waals surface area contributed by atoms with Gasteiger partial charge in [-0.1, -0.05) is 25.7 Å². The fourth-order valence-electron chi connectivity index (χ4n) is 3.47. The van der Waals surface area contributed by atoms with Crippen LogP contribution in [0.5, 0.6) is 0 Å². The number of nitrogens with zero attached hydrogens (tertiary/aromatic N) is 2. The molecule has 3 aliphatic carbocycles. The van der Waals surface area contributed by atoms with Gasteiger partial charge in [0.25, 0.3) is 0 Å². The summed E-state index contributed by atoms with van der Waals surface area (Å²) in [4.78, 5) is 15.1. The summed E-state index contributed by atoms with van der Waals surface area (Å²) in [6.07, 6.45) is 11.1. The minimum absolute atomic E-state index is 0.167. The van der Waals surface area contributed by atoms with E-state index >= 15 is 0 Å². The molecule has 3 aliphatic rings. The number of carbonyl (C=O) groups excluding carboxylic acids is 1. The van der Waals surface area contributed by atoms with Gasteiger partial charge in [-0.3, -0.25) is 4.79 Å². The second kappa shape index (κ2) is 5.76. The summed E-state index contributed by atoms with van der Waals surface area (Å²) in [5, 5.41) is 9.69. The Kier molecular flexibility index (Phi) is 4.01. The van der Waals surface area contributed by atoms with E-state index in [-0.39, 0.29) is 5.91 Å². The molecule has 1 amide bonds. The lowest BCUT2D eigenvalue weighted by molar-refractivity contribution is -0.140. The fourth-order valence-corrected chi connectivity index (χ4v) is 3.47. The smallest absolute Gasteiger partial charge is 0.243 e. The molecule has 3 heteroatoms.